The molecule has 0 bridgehead atoms. The molecule has 0 fully saturated rings. The average Bonchev–Trinajstić information content (AvgIpc) is 2.48. The number of nitrogens with zero attached hydrogens (tertiary/aromatic N) is 1. The lowest BCUT2D eigenvalue weighted by Gasteiger charge is -2.25. The third-order valence-electron chi connectivity index (χ3n) is 3.46. The number of hydrogen-bond donors (Lipinski definition) is 1. The predicted molar refractivity (Wildman–Crippen MR) is 89.2 cm³/mol. The Kier molecular flexibility index (Phi) is 5.10. The topological polar surface area (TPSA) is 38.5 Å². The summed E-state index contributed by atoms with van der Waals surface area (Å²) >= 11 is 5.92. The molecule has 21 heavy (non-hydrogen) atoms. The lowest BCUT2D eigenvalue weighted by atomic mass is 10.0. The molecule has 2 aromatic rings. The minimum absolute atomic E-state index is 0.0937. The first-order chi connectivity index (χ1) is 10.0. The molecule has 4 heteroatoms. The van der Waals surface area contributed by atoms with Crippen molar-refractivity contribution in [2.75, 3.05) is 19.1 Å². The van der Waals surface area contributed by atoms with Crippen LogP contribution in [0.4, 0.5) is 5.69 Å². The highest BCUT2D eigenvalue weighted by atomic mass is 35.5. The van der Waals surface area contributed by atoms with Crippen molar-refractivity contribution >= 4 is 17.3 Å². The monoisotopic (exact) mass is 304 g/mol. The van der Waals surface area contributed by atoms with E-state index in [2.05, 4.69) is 18.0 Å². The summed E-state index contributed by atoms with van der Waals surface area (Å²) in [6.07, 6.45) is 0. The van der Waals surface area contributed by atoms with Crippen LogP contribution in [0.5, 0.6) is 5.75 Å². The van der Waals surface area contributed by atoms with Gasteiger partial charge in [0.2, 0.25) is 0 Å². The zero-order valence-electron chi connectivity index (χ0n) is 12.6. The van der Waals surface area contributed by atoms with Gasteiger partial charge < -0.3 is 15.4 Å². The fourth-order valence-electron chi connectivity index (χ4n) is 2.45. The minimum Gasteiger partial charge on any atom is -0.496 e. The molecule has 0 aromatic heterocycles. The number of hydrogen-bond acceptors (Lipinski definition) is 3. The van der Waals surface area contributed by atoms with Gasteiger partial charge in [-0.05, 0) is 36.8 Å². The van der Waals surface area contributed by atoms with Gasteiger partial charge >= 0.3 is 0 Å². The van der Waals surface area contributed by atoms with Gasteiger partial charge in [-0.2, -0.15) is 0 Å². The highest BCUT2D eigenvalue weighted by Gasteiger charge is 2.16. The normalized spacial score (nSPS) is 12.0. The second kappa shape index (κ2) is 6.83. The Bertz CT molecular complexity index is 596. The van der Waals surface area contributed by atoms with E-state index in [0.717, 1.165) is 28.6 Å². The molecule has 1 atom stereocenters. The summed E-state index contributed by atoms with van der Waals surface area (Å²) in [7, 11) is 3.72. The van der Waals surface area contributed by atoms with E-state index in [1.165, 1.54) is 5.56 Å². The van der Waals surface area contributed by atoms with Crippen LogP contribution in [0.25, 0.3) is 0 Å². The zero-order valence-corrected chi connectivity index (χ0v) is 13.4. The summed E-state index contributed by atoms with van der Waals surface area (Å²) in [5.74, 6) is 0.824. The fourth-order valence-corrected chi connectivity index (χ4v) is 2.58. The molecule has 0 aliphatic carbocycles. The van der Waals surface area contributed by atoms with E-state index < -0.39 is 0 Å². The number of halogens is 1. The second-order valence-electron chi connectivity index (χ2n) is 5.16. The van der Waals surface area contributed by atoms with Crippen molar-refractivity contribution in [3.05, 3.63) is 58.6 Å². The van der Waals surface area contributed by atoms with E-state index in [4.69, 9.17) is 22.1 Å². The summed E-state index contributed by atoms with van der Waals surface area (Å²) in [6.45, 7) is 2.75. The van der Waals surface area contributed by atoms with E-state index in [-0.39, 0.29) is 6.04 Å². The number of nitrogens with two attached hydrogens (primary N) is 1. The lowest BCUT2D eigenvalue weighted by Crippen LogP contribution is -2.20. The van der Waals surface area contributed by atoms with E-state index in [0.29, 0.717) is 0 Å². The van der Waals surface area contributed by atoms with Crippen molar-refractivity contribution in [2.45, 2.75) is 19.5 Å². The summed E-state index contributed by atoms with van der Waals surface area (Å²) in [4.78, 5) is 2.17. The molecule has 2 rings (SSSR count). The number of anilines is 1. The number of ether oxygens (including phenoxy) is 1. The van der Waals surface area contributed by atoms with Gasteiger partial charge in [-0.1, -0.05) is 29.8 Å². The summed E-state index contributed by atoms with van der Waals surface area (Å²) in [6, 6.07) is 13.8. The minimum atomic E-state index is -0.0937. The van der Waals surface area contributed by atoms with Gasteiger partial charge in [0, 0.05) is 35.9 Å². The van der Waals surface area contributed by atoms with Crippen LogP contribution < -0.4 is 15.4 Å². The Labute approximate surface area is 131 Å². The molecular formula is C17H21ClN2O. The largest absolute Gasteiger partial charge is 0.496 e. The summed E-state index contributed by atoms with van der Waals surface area (Å²) < 4.78 is 5.44. The molecule has 0 saturated heterocycles. The van der Waals surface area contributed by atoms with Gasteiger partial charge in [0.15, 0.2) is 0 Å². The zero-order chi connectivity index (χ0) is 15.4. The molecule has 0 radical (unpaired) electrons. The van der Waals surface area contributed by atoms with Crippen LogP contribution in [0.2, 0.25) is 5.02 Å². The number of rotatable bonds is 5. The van der Waals surface area contributed by atoms with Crippen LogP contribution in [-0.2, 0) is 6.54 Å². The SMILES string of the molecule is COc1cccc(N(C)Cc2ccc(Cl)cc2)c1[C@H](C)N. The van der Waals surface area contributed by atoms with Crippen molar-refractivity contribution in [3.63, 3.8) is 0 Å². The molecule has 112 valence electrons. The maximum atomic E-state index is 6.12. The van der Waals surface area contributed by atoms with E-state index in [1.807, 2.05) is 43.3 Å². The van der Waals surface area contributed by atoms with Crippen molar-refractivity contribution < 1.29 is 4.74 Å². The van der Waals surface area contributed by atoms with Gasteiger partial charge in [0.05, 0.1) is 7.11 Å². The fraction of sp³-hybridized carbons (Fsp3) is 0.294. The third-order valence-corrected chi connectivity index (χ3v) is 3.71. The van der Waals surface area contributed by atoms with E-state index in [9.17, 15) is 0 Å². The Balaban J connectivity index is 2.30. The quantitative estimate of drug-likeness (QED) is 0.907. The third kappa shape index (κ3) is 3.69. The van der Waals surface area contributed by atoms with Crippen LogP contribution in [0.3, 0.4) is 0 Å². The Morgan fingerprint density at radius 2 is 1.86 bits per heavy atom. The average molecular weight is 305 g/mol. The smallest absolute Gasteiger partial charge is 0.125 e. The standard InChI is InChI=1S/C17H21ClN2O/c1-12(19)17-15(5-4-6-16(17)21-3)20(2)11-13-7-9-14(18)10-8-13/h4-10,12H,11,19H2,1-3H3/t12-/m0/s1. The van der Waals surface area contributed by atoms with E-state index in [1.54, 1.807) is 7.11 Å². The van der Waals surface area contributed by atoms with Crippen LogP contribution >= 0.6 is 11.6 Å². The summed E-state index contributed by atoms with van der Waals surface area (Å²) in [5, 5.41) is 0.749. The number of methoxy groups -OCH3 is 1. The molecule has 0 spiro atoms. The highest BCUT2D eigenvalue weighted by Crippen LogP contribution is 2.33. The first-order valence-corrected chi connectivity index (χ1v) is 7.28. The van der Waals surface area contributed by atoms with Crippen LogP contribution in [0.1, 0.15) is 24.1 Å². The van der Waals surface area contributed by atoms with Gasteiger partial charge in [0.25, 0.3) is 0 Å². The first-order valence-electron chi connectivity index (χ1n) is 6.91. The molecule has 0 unspecified atom stereocenters. The molecule has 2 N–H and O–H groups in total. The van der Waals surface area contributed by atoms with Crippen molar-refractivity contribution in [1.82, 2.24) is 0 Å². The Morgan fingerprint density at radius 1 is 1.19 bits per heavy atom. The maximum Gasteiger partial charge on any atom is 0.125 e. The van der Waals surface area contributed by atoms with Crippen molar-refractivity contribution in [2.24, 2.45) is 5.73 Å². The second-order valence-corrected chi connectivity index (χ2v) is 5.60. The molecule has 0 saturated carbocycles. The van der Waals surface area contributed by atoms with Crippen molar-refractivity contribution in [3.8, 4) is 5.75 Å². The van der Waals surface area contributed by atoms with Crippen LogP contribution in [-0.4, -0.2) is 14.2 Å². The van der Waals surface area contributed by atoms with Gasteiger partial charge in [0.1, 0.15) is 5.75 Å². The Morgan fingerprint density at radius 3 is 2.43 bits per heavy atom. The molecule has 0 aliphatic rings. The molecule has 0 heterocycles. The van der Waals surface area contributed by atoms with Gasteiger partial charge in [-0.25, -0.2) is 0 Å². The van der Waals surface area contributed by atoms with Gasteiger partial charge in [-0.3, -0.25) is 0 Å². The van der Waals surface area contributed by atoms with Gasteiger partial charge in [-0.15, -0.1) is 0 Å². The van der Waals surface area contributed by atoms with E-state index >= 15 is 0 Å². The Hall–Kier alpha value is -1.71. The highest BCUT2D eigenvalue weighted by molar-refractivity contribution is 6.30. The number of benzene rings is 2. The molecule has 0 aliphatic heterocycles. The van der Waals surface area contributed by atoms with Crippen LogP contribution in [0.15, 0.2) is 42.5 Å². The molecular weight excluding hydrogens is 284 g/mol. The molecule has 0 amide bonds. The summed E-state index contributed by atoms with van der Waals surface area (Å²) in [5.41, 5.74) is 9.42. The maximum absolute atomic E-state index is 6.12. The first kappa shape index (κ1) is 15.7. The predicted octanol–water partition coefficient (Wildman–Crippen LogP) is 4.00. The van der Waals surface area contributed by atoms with Crippen LogP contribution in [0, 0.1) is 0 Å². The molecule has 3 nitrogen and oxygen atoms in total. The molecule has 2 aromatic carbocycles. The van der Waals surface area contributed by atoms with Crippen molar-refractivity contribution in [1.29, 1.82) is 0 Å². The lowest BCUT2D eigenvalue weighted by molar-refractivity contribution is 0.407.